The van der Waals surface area contributed by atoms with E-state index in [0.717, 1.165) is 32.2 Å². The second-order valence-electron chi connectivity index (χ2n) is 10.1. The van der Waals surface area contributed by atoms with E-state index in [1.54, 1.807) is 11.1 Å². The van der Waals surface area contributed by atoms with Crippen molar-refractivity contribution in [1.82, 2.24) is 0 Å². The van der Waals surface area contributed by atoms with Crippen LogP contribution in [0.1, 0.15) is 48.4 Å². The number of fused-ring (bicyclic) bond motifs is 6. The van der Waals surface area contributed by atoms with E-state index in [4.69, 9.17) is 0 Å². The predicted molar refractivity (Wildman–Crippen MR) is 147 cm³/mol. The Kier molecular flexibility index (Phi) is 7.69. The van der Waals surface area contributed by atoms with Gasteiger partial charge in [0.2, 0.25) is 11.4 Å². The van der Waals surface area contributed by atoms with E-state index >= 15 is 0 Å². The first-order valence-electron chi connectivity index (χ1n) is 13.6. The van der Waals surface area contributed by atoms with Gasteiger partial charge in [0.15, 0.2) is 0 Å². The fourth-order valence-corrected chi connectivity index (χ4v) is 6.11. The van der Waals surface area contributed by atoms with Gasteiger partial charge in [-0.25, -0.2) is 0 Å². The highest BCUT2D eigenvalue weighted by Crippen LogP contribution is 2.44. The van der Waals surface area contributed by atoms with Gasteiger partial charge in [-0.1, -0.05) is 80.1 Å². The summed E-state index contributed by atoms with van der Waals surface area (Å²) < 4.78 is 41.7. The molecule has 0 fully saturated rings. The van der Waals surface area contributed by atoms with Gasteiger partial charge in [-0.3, -0.25) is 0 Å². The lowest BCUT2D eigenvalue weighted by Gasteiger charge is -2.28. The van der Waals surface area contributed by atoms with Crippen LogP contribution >= 0.6 is 0 Å². The number of benzene rings is 3. The standard InChI is InChI=1S/C32H32N.BF4/c1-2-3-11-22-33-31-26-16-9-7-12-23(26)18-20-28(31)30(25-14-5-4-6-15-25)29-21-19-24-13-8-10-17-27(24)32(29)33;2-1(3,4)5/h4-10,12-17H,2-3,11,18-22H2,1H3;/q+1;-1. The molecule has 1 aromatic heterocycles. The Balaban J connectivity index is 0.000000540. The molecule has 0 saturated heterocycles. The number of aromatic nitrogens is 1. The molecule has 196 valence electrons. The third kappa shape index (κ3) is 5.40. The van der Waals surface area contributed by atoms with Gasteiger partial charge in [-0.05, 0) is 60.9 Å². The number of unbranched alkanes of at least 4 members (excludes halogenated alkanes) is 2. The lowest BCUT2D eigenvalue weighted by molar-refractivity contribution is -0.676. The predicted octanol–water partition coefficient (Wildman–Crippen LogP) is 8.66. The van der Waals surface area contributed by atoms with Crippen molar-refractivity contribution in [2.75, 3.05) is 0 Å². The van der Waals surface area contributed by atoms with E-state index in [9.17, 15) is 17.3 Å². The molecule has 2 aliphatic rings. The van der Waals surface area contributed by atoms with Crippen LogP contribution in [0, 0.1) is 0 Å². The number of hydrogen-bond acceptors (Lipinski definition) is 0. The molecule has 0 atom stereocenters. The third-order valence-electron chi connectivity index (χ3n) is 7.60. The minimum atomic E-state index is -6.00. The number of rotatable bonds is 5. The Bertz CT molecular complexity index is 1350. The van der Waals surface area contributed by atoms with Gasteiger partial charge < -0.3 is 17.3 Å². The first-order chi connectivity index (χ1) is 18.4. The monoisotopic (exact) mass is 517 g/mol. The van der Waals surface area contributed by atoms with Crippen molar-refractivity contribution in [3.05, 3.63) is 101 Å². The lowest BCUT2D eigenvalue weighted by Crippen LogP contribution is -2.43. The fraction of sp³-hybridized carbons (Fsp3) is 0.281. The van der Waals surface area contributed by atoms with Crippen molar-refractivity contribution in [2.45, 2.75) is 58.4 Å². The zero-order valence-corrected chi connectivity index (χ0v) is 21.7. The second-order valence-corrected chi connectivity index (χ2v) is 10.1. The van der Waals surface area contributed by atoms with Crippen LogP contribution in [0.2, 0.25) is 0 Å². The quantitative estimate of drug-likeness (QED) is 0.108. The summed E-state index contributed by atoms with van der Waals surface area (Å²) in [6.45, 7) is 3.40. The molecular weight excluding hydrogens is 485 g/mol. The number of halogens is 4. The van der Waals surface area contributed by atoms with E-state index in [1.807, 2.05) is 0 Å². The Morgan fingerprint density at radius 3 is 1.61 bits per heavy atom. The molecule has 3 aromatic carbocycles. The van der Waals surface area contributed by atoms with Gasteiger partial charge in [0.25, 0.3) is 0 Å². The molecule has 0 radical (unpaired) electrons. The van der Waals surface area contributed by atoms with Crippen LogP contribution in [-0.2, 0) is 32.2 Å². The Morgan fingerprint density at radius 2 is 1.11 bits per heavy atom. The Labute approximate surface area is 222 Å². The van der Waals surface area contributed by atoms with Crippen LogP contribution in [0.25, 0.3) is 33.6 Å². The van der Waals surface area contributed by atoms with E-state index in [1.165, 1.54) is 64.0 Å². The summed E-state index contributed by atoms with van der Waals surface area (Å²) in [5, 5.41) is 0. The van der Waals surface area contributed by atoms with Crippen molar-refractivity contribution >= 4 is 7.25 Å². The van der Waals surface area contributed by atoms with Crippen molar-refractivity contribution in [2.24, 2.45) is 0 Å². The average molecular weight is 517 g/mol. The minimum absolute atomic E-state index is 1.09. The van der Waals surface area contributed by atoms with Crippen molar-refractivity contribution < 1.29 is 21.8 Å². The molecule has 6 heteroatoms. The number of pyridine rings is 1. The van der Waals surface area contributed by atoms with Crippen LogP contribution in [0.15, 0.2) is 78.9 Å². The van der Waals surface area contributed by atoms with E-state index in [0.29, 0.717) is 0 Å². The highest BCUT2D eigenvalue weighted by atomic mass is 19.5. The van der Waals surface area contributed by atoms with Crippen LogP contribution in [0.5, 0.6) is 0 Å². The molecule has 0 spiro atoms. The summed E-state index contributed by atoms with van der Waals surface area (Å²) in [4.78, 5) is 0. The highest BCUT2D eigenvalue weighted by molar-refractivity contribution is 6.50. The molecule has 0 N–H and O–H groups in total. The molecule has 38 heavy (non-hydrogen) atoms. The maximum Gasteiger partial charge on any atom is 0.673 e. The minimum Gasteiger partial charge on any atom is -0.418 e. The number of hydrogen-bond donors (Lipinski definition) is 0. The van der Waals surface area contributed by atoms with Crippen LogP contribution in [0.3, 0.4) is 0 Å². The van der Waals surface area contributed by atoms with Gasteiger partial charge in [-0.2, -0.15) is 4.57 Å². The maximum absolute atomic E-state index is 9.75. The smallest absolute Gasteiger partial charge is 0.418 e. The molecule has 0 unspecified atom stereocenters. The zero-order valence-electron chi connectivity index (χ0n) is 21.7. The Morgan fingerprint density at radius 1 is 0.632 bits per heavy atom. The van der Waals surface area contributed by atoms with Gasteiger partial charge >= 0.3 is 7.25 Å². The molecule has 0 saturated carbocycles. The van der Waals surface area contributed by atoms with Crippen molar-refractivity contribution in [3.63, 3.8) is 0 Å². The molecule has 1 nitrogen and oxygen atoms in total. The van der Waals surface area contributed by atoms with Gasteiger partial charge in [0.1, 0.15) is 6.54 Å². The fourth-order valence-electron chi connectivity index (χ4n) is 6.11. The summed E-state index contributed by atoms with van der Waals surface area (Å²) in [6, 6.07) is 29.4. The van der Waals surface area contributed by atoms with E-state index < -0.39 is 7.25 Å². The second kappa shape index (κ2) is 11.1. The molecular formula is C32H32BF4N. The van der Waals surface area contributed by atoms with Crippen LogP contribution < -0.4 is 4.57 Å². The first kappa shape index (κ1) is 26.2. The van der Waals surface area contributed by atoms with Gasteiger partial charge in [-0.15, -0.1) is 0 Å². The van der Waals surface area contributed by atoms with Crippen molar-refractivity contribution in [3.8, 4) is 33.6 Å². The summed E-state index contributed by atoms with van der Waals surface area (Å²) in [6.07, 6.45) is 8.27. The molecule has 2 aliphatic carbocycles. The normalized spacial score (nSPS) is 13.4. The summed E-state index contributed by atoms with van der Waals surface area (Å²) in [7, 11) is -6.00. The summed E-state index contributed by atoms with van der Waals surface area (Å²) in [5.74, 6) is 0. The van der Waals surface area contributed by atoms with Gasteiger partial charge in [0.05, 0.1) is 0 Å². The average Bonchev–Trinajstić information content (AvgIpc) is 2.92. The molecule has 6 rings (SSSR count). The Hall–Kier alpha value is -3.41. The highest BCUT2D eigenvalue weighted by Gasteiger charge is 2.37. The van der Waals surface area contributed by atoms with E-state index in [-0.39, 0.29) is 0 Å². The zero-order chi connectivity index (χ0) is 26.7. The number of nitrogens with zero attached hydrogens (tertiary/aromatic N) is 1. The van der Waals surface area contributed by atoms with E-state index in [2.05, 4.69) is 90.4 Å². The van der Waals surface area contributed by atoms with Crippen molar-refractivity contribution in [1.29, 1.82) is 0 Å². The largest absolute Gasteiger partial charge is 0.673 e. The van der Waals surface area contributed by atoms with Crippen LogP contribution in [0.4, 0.5) is 17.3 Å². The SMILES string of the molecule is CCCCC[n+]1c2c(c(-c3ccccc3)c3c1-c1ccccc1CC3)CCc1ccccc1-2.F[B-](F)(F)F. The topological polar surface area (TPSA) is 3.88 Å². The summed E-state index contributed by atoms with van der Waals surface area (Å²) >= 11 is 0. The van der Waals surface area contributed by atoms with Crippen LogP contribution in [-0.4, -0.2) is 7.25 Å². The molecule has 0 aliphatic heterocycles. The number of aryl methyl sites for hydroxylation is 2. The lowest BCUT2D eigenvalue weighted by atomic mass is 9.77. The molecule has 4 aromatic rings. The molecule has 1 heterocycles. The maximum atomic E-state index is 9.75. The third-order valence-corrected chi connectivity index (χ3v) is 7.60. The molecule has 0 amide bonds. The molecule has 0 bridgehead atoms. The summed E-state index contributed by atoms with van der Waals surface area (Å²) in [5.41, 5.74) is 14.8. The van der Waals surface area contributed by atoms with Gasteiger partial charge in [0, 0.05) is 34.2 Å². The first-order valence-corrected chi connectivity index (χ1v) is 13.6.